The first-order valence-electron chi connectivity index (χ1n) is 9.55. The van der Waals surface area contributed by atoms with E-state index in [-0.39, 0.29) is 29.1 Å². The molecule has 0 aliphatic carbocycles. The highest BCUT2D eigenvalue weighted by molar-refractivity contribution is 7.07. The highest BCUT2D eigenvalue weighted by atomic mass is 35.5. The Morgan fingerprint density at radius 1 is 1.00 bits per heavy atom. The van der Waals surface area contributed by atoms with Crippen LogP contribution in [0.4, 0.5) is 10.1 Å². The summed E-state index contributed by atoms with van der Waals surface area (Å²) >= 11 is 1.24. The van der Waals surface area contributed by atoms with Crippen molar-refractivity contribution in [3.8, 4) is 0 Å². The number of aromatic nitrogens is 1. The number of thiazole rings is 1. The number of hydrogen-bond donors (Lipinski definition) is 0. The van der Waals surface area contributed by atoms with Gasteiger partial charge >= 0.3 is 4.87 Å². The Bertz CT molecular complexity index is 966. The van der Waals surface area contributed by atoms with Crippen LogP contribution in [0.1, 0.15) is 17.3 Å². The molecule has 1 fully saturated rings. The summed E-state index contributed by atoms with van der Waals surface area (Å²) in [4.78, 5) is 16.8. The zero-order valence-corrected chi connectivity index (χ0v) is 18.0. The highest BCUT2D eigenvalue weighted by Crippen LogP contribution is 2.28. The predicted molar refractivity (Wildman–Crippen MR) is 120 cm³/mol. The SMILES string of the molecule is Cl.Cn1c(CC(c2ccc(F)cc2)N2CCN(c3ccccc3)CC2)csc1=O. The molecule has 1 atom stereocenters. The maximum Gasteiger partial charge on any atom is 0.307 e. The van der Waals surface area contributed by atoms with Crippen molar-refractivity contribution in [2.24, 2.45) is 7.05 Å². The van der Waals surface area contributed by atoms with Gasteiger partial charge in [-0.15, -0.1) is 12.4 Å². The smallest absolute Gasteiger partial charge is 0.307 e. The molecule has 1 aliphatic heterocycles. The van der Waals surface area contributed by atoms with Crippen LogP contribution >= 0.6 is 23.7 Å². The summed E-state index contributed by atoms with van der Waals surface area (Å²) in [5.74, 6) is -0.223. The number of anilines is 1. The summed E-state index contributed by atoms with van der Waals surface area (Å²) < 4.78 is 15.2. The van der Waals surface area contributed by atoms with Crippen molar-refractivity contribution in [1.29, 1.82) is 0 Å². The lowest BCUT2D eigenvalue weighted by Crippen LogP contribution is -2.48. The number of benzene rings is 2. The van der Waals surface area contributed by atoms with Gasteiger partial charge in [-0.1, -0.05) is 41.7 Å². The second kappa shape index (κ2) is 9.57. The van der Waals surface area contributed by atoms with Crippen LogP contribution in [-0.4, -0.2) is 35.6 Å². The molecular formula is C22H25ClFN3OS. The molecule has 0 spiro atoms. The molecule has 1 unspecified atom stereocenters. The minimum absolute atomic E-state index is 0. The average Bonchev–Trinajstić information content (AvgIpc) is 3.06. The molecule has 154 valence electrons. The Morgan fingerprint density at radius 3 is 2.24 bits per heavy atom. The molecule has 0 saturated carbocycles. The van der Waals surface area contributed by atoms with Gasteiger partial charge in [0.05, 0.1) is 0 Å². The van der Waals surface area contributed by atoms with Gasteiger partial charge in [-0.3, -0.25) is 9.69 Å². The van der Waals surface area contributed by atoms with E-state index in [1.54, 1.807) is 4.57 Å². The zero-order chi connectivity index (χ0) is 19.5. The van der Waals surface area contributed by atoms with Gasteiger partial charge in [0.25, 0.3) is 0 Å². The average molecular weight is 434 g/mol. The summed E-state index contributed by atoms with van der Waals surface area (Å²) in [5.41, 5.74) is 3.36. The molecule has 0 amide bonds. The topological polar surface area (TPSA) is 28.5 Å². The maximum atomic E-state index is 13.5. The first-order valence-corrected chi connectivity index (χ1v) is 10.4. The van der Waals surface area contributed by atoms with Crippen LogP contribution in [0.3, 0.4) is 0 Å². The van der Waals surface area contributed by atoms with Crippen molar-refractivity contribution in [2.75, 3.05) is 31.1 Å². The minimum Gasteiger partial charge on any atom is -0.369 e. The quantitative estimate of drug-likeness (QED) is 0.606. The third-order valence-electron chi connectivity index (χ3n) is 5.53. The molecule has 2 heterocycles. The molecular weight excluding hydrogens is 409 g/mol. The van der Waals surface area contributed by atoms with Crippen LogP contribution in [0, 0.1) is 5.82 Å². The van der Waals surface area contributed by atoms with Crippen LogP contribution in [0.15, 0.2) is 64.8 Å². The number of hydrogen-bond acceptors (Lipinski definition) is 4. The Balaban J connectivity index is 0.00000240. The normalized spacial score (nSPS) is 15.7. The third kappa shape index (κ3) is 4.89. The van der Waals surface area contributed by atoms with Gasteiger partial charge in [0, 0.05) is 62.5 Å². The van der Waals surface area contributed by atoms with Gasteiger partial charge in [-0.2, -0.15) is 0 Å². The lowest BCUT2D eigenvalue weighted by atomic mass is 9.99. The molecule has 7 heteroatoms. The molecule has 1 aromatic heterocycles. The predicted octanol–water partition coefficient (Wildman–Crippen LogP) is 4.11. The fraction of sp³-hybridized carbons (Fsp3) is 0.318. The first kappa shape index (κ1) is 21.6. The fourth-order valence-electron chi connectivity index (χ4n) is 3.85. The van der Waals surface area contributed by atoms with E-state index < -0.39 is 0 Å². The number of piperazine rings is 1. The largest absolute Gasteiger partial charge is 0.369 e. The molecule has 2 aromatic carbocycles. The van der Waals surface area contributed by atoms with Crippen LogP contribution in [0.25, 0.3) is 0 Å². The van der Waals surface area contributed by atoms with E-state index in [9.17, 15) is 9.18 Å². The van der Waals surface area contributed by atoms with E-state index in [1.807, 2.05) is 30.6 Å². The second-order valence-corrected chi connectivity index (χ2v) is 8.00. The summed E-state index contributed by atoms with van der Waals surface area (Å²) in [5, 5.41) is 1.94. The van der Waals surface area contributed by atoms with Crippen LogP contribution < -0.4 is 9.77 Å². The standard InChI is InChI=1S/C22H24FN3OS.ClH/c1-24-20(16-28-22(24)27)15-21(17-7-9-18(23)10-8-17)26-13-11-25(12-14-26)19-5-3-2-4-6-19;/h2-10,16,21H,11-15H2,1H3;1H. The third-order valence-corrected chi connectivity index (χ3v) is 6.40. The Hall–Kier alpha value is -2.15. The number of para-hydroxylation sites is 1. The Morgan fingerprint density at radius 2 is 1.66 bits per heavy atom. The van der Waals surface area contributed by atoms with Crippen molar-refractivity contribution in [3.05, 3.63) is 86.7 Å². The summed E-state index contributed by atoms with van der Waals surface area (Å²) in [7, 11) is 1.82. The molecule has 4 nitrogen and oxygen atoms in total. The zero-order valence-electron chi connectivity index (χ0n) is 16.3. The van der Waals surface area contributed by atoms with Gasteiger partial charge in [0.15, 0.2) is 0 Å². The fourth-order valence-corrected chi connectivity index (χ4v) is 4.62. The van der Waals surface area contributed by atoms with Gasteiger partial charge in [-0.05, 0) is 29.8 Å². The molecule has 3 aromatic rings. The minimum atomic E-state index is -0.223. The van der Waals surface area contributed by atoms with E-state index in [1.165, 1.54) is 29.2 Å². The van der Waals surface area contributed by atoms with E-state index >= 15 is 0 Å². The Labute approximate surface area is 180 Å². The van der Waals surface area contributed by atoms with Crippen LogP contribution in [0.5, 0.6) is 0 Å². The van der Waals surface area contributed by atoms with Crippen LogP contribution in [-0.2, 0) is 13.5 Å². The van der Waals surface area contributed by atoms with E-state index in [0.29, 0.717) is 0 Å². The van der Waals surface area contributed by atoms with Crippen molar-refractivity contribution < 1.29 is 4.39 Å². The molecule has 4 rings (SSSR count). The van der Waals surface area contributed by atoms with Gasteiger partial charge in [0.1, 0.15) is 5.82 Å². The molecule has 1 saturated heterocycles. The highest BCUT2D eigenvalue weighted by Gasteiger charge is 2.26. The molecule has 1 aliphatic rings. The first-order chi connectivity index (χ1) is 13.6. The van der Waals surface area contributed by atoms with E-state index in [2.05, 4.69) is 34.1 Å². The van der Waals surface area contributed by atoms with E-state index in [4.69, 9.17) is 0 Å². The Kier molecular flexibility index (Phi) is 7.11. The molecule has 0 N–H and O–H groups in total. The lowest BCUT2D eigenvalue weighted by Gasteiger charge is -2.40. The van der Waals surface area contributed by atoms with Crippen molar-refractivity contribution in [2.45, 2.75) is 12.5 Å². The van der Waals surface area contributed by atoms with Gasteiger partial charge < -0.3 is 9.47 Å². The summed E-state index contributed by atoms with van der Waals surface area (Å²) in [6, 6.07) is 17.4. The van der Waals surface area contributed by atoms with E-state index in [0.717, 1.165) is 43.9 Å². The number of nitrogens with zero attached hydrogens (tertiary/aromatic N) is 3. The molecule has 29 heavy (non-hydrogen) atoms. The van der Waals surface area contributed by atoms with Crippen LogP contribution in [0.2, 0.25) is 0 Å². The monoisotopic (exact) mass is 433 g/mol. The lowest BCUT2D eigenvalue weighted by molar-refractivity contribution is 0.183. The number of rotatable bonds is 5. The summed E-state index contributed by atoms with van der Waals surface area (Å²) in [6.07, 6.45) is 0.742. The van der Waals surface area contributed by atoms with Crippen molar-refractivity contribution in [3.63, 3.8) is 0 Å². The van der Waals surface area contributed by atoms with Gasteiger partial charge in [0.2, 0.25) is 0 Å². The number of halogens is 2. The van der Waals surface area contributed by atoms with Crippen molar-refractivity contribution in [1.82, 2.24) is 9.47 Å². The summed E-state index contributed by atoms with van der Waals surface area (Å²) in [6.45, 7) is 3.75. The van der Waals surface area contributed by atoms with Crippen molar-refractivity contribution >= 4 is 29.4 Å². The molecule has 0 bridgehead atoms. The van der Waals surface area contributed by atoms with Gasteiger partial charge in [-0.25, -0.2) is 4.39 Å². The maximum absolute atomic E-state index is 13.5. The molecule has 0 radical (unpaired) electrons. The second-order valence-electron chi connectivity index (χ2n) is 7.18.